The minimum atomic E-state index is -4.92. The van der Waals surface area contributed by atoms with Crippen LogP contribution in [0.5, 0.6) is 5.88 Å². The fourth-order valence-corrected chi connectivity index (χ4v) is 0.740. The van der Waals surface area contributed by atoms with Crippen LogP contribution in [0.1, 0.15) is 0 Å². The van der Waals surface area contributed by atoms with Gasteiger partial charge < -0.3 is 28.6 Å². The van der Waals surface area contributed by atoms with E-state index in [4.69, 9.17) is 0 Å². The van der Waals surface area contributed by atoms with Crippen LogP contribution in [0.3, 0.4) is 0 Å². The van der Waals surface area contributed by atoms with E-state index in [1.165, 1.54) is 0 Å². The Kier molecular flexibility index (Phi) is 10.5. The van der Waals surface area contributed by atoms with Crippen molar-refractivity contribution in [3.8, 4) is 5.88 Å². The average molecular weight is 237 g/mol. The maximum absolute atomic E-state index is 9.92. The third-order valence-electron chi connectivity index (χ3n) is 0.995. The number of nitrogens with one attached hydrogen (secondary N) is 1. The van der Waals surface area contributed by atoms with Gasteiger partial charge in [0.15, 0.2) is 12.7 Å². The molecule has 68 valence electrons. The van der Waals surface area contributed by atoms with Crippen LogP contribution >= 0.6 is 7.82 Å². The number of hydrogen-bond acceptors (Lipinski definition) is 5. The minimum absolute atomic E-state index is 0. The fraction of sp³-hybridized carbons (Fsp3) is 0.200. The number of phosphoric ester groups is 1. The smallest absolute Gasteiger partial charge is 0.790 e. The van der Waals surface area contributed by atoms with E-state index < -0.39 is 14.6 Å². The number of ether oxygens (including phenoxy) is 1. The first-order valence-electron chi connectivity index (χ1n) is 3.01. The van der Waals surface area contributed by atoms with Crippen LogP contribution in [0.2, 0.25) is 0 Å². The number of aromatic nitrogens is 1. The van der Waals surface area contributed by atoms with Gasteiger partial charge >= 0.3 is 59.1 Å². The summed E-state index contributed by atoms with van der Waals surface area (Å²) in [7, 11) is -4.92. The molecule has 0 spiro atoms. The number of hydrogen-bond donors (Lipinski definition) is 1. The molecular formula is C5H6NNa2O5P. The van der Waals surface area contributed by atoms with E-state index in [0.29, 0.717) is 5.88 Å². The Morgan fingerprint density at radius 3 is 2.50 bits per heavy atom. The van der Waals surface area contributed by atoms with Gasteiger partial charge in [-0.2, -0.15) is 0 Å². The predicted molar refractivity (Wildman–Crippen MR) is 35.0 cm³/mol. The molecule has 0 amide bonds. The van der Waals surface area contributed by atoms with Crippen molar-refractivity contribution >= 4 is 7.82 Å². The van der Waals surface area contributed by atoms with Gasteiger partial charge in [-0.15, -0.1) is 0 Å². The number of rotatable bonds is 4. The average Bonchev–Trinajstić information content (AvgIpc) is 2.36. The molecule has 0 aliphatic carbocycles. The summed E-state index contributed by atoms with van der Waals surface area (Å²) in [6.07, 6.45) is 1.59. The molecule has 0 unspecified atom stereocenters. The Bertz CT molecular complexity index is 274. The van der Waals surface area contributed by atoms with Crippen LogP contribution in [0.15, 0.2) is 18.3 Å². The topological polar surface area (TPSA) is 97.4 Å². The third-order valence-corrected chi connectivity index (χ3v) is 1.42. The third kappa shape index (κ3) is 8.49. The zero-order valence-corrected chi connectivity index (χ0v) is 12.8. The van der Waals surface area contributed by atoms with Crippen molar-refractivity contribution in [1.29, 1.82) is 0 Å². The van der Waals surface area contributed by atoms with Crippen molar-refractivity contribution in [3.63, 3.8) is 0 Å². The van der Waals surface area contributed by atoms with E-state index in [0.717, 1.165) is 0 Å². The van der Waals surface area contributed by atoms with E-state index in [2.05, 4.69) is 14.2 Å². The first kappa shape index (κ1) is 17.6. The van der Waals surface area contributed by atoms with Gasteiger partial charge in [-0.1, -0.05) is 0 Å². The van der Waals surface area contributed by atoms with Gasteiger partial charge in [-0.3, -0.25) is 0 Å². The molecule has 0 aromatic carbocycles. The second-order valence-electron chi connectivity index (χ2n) is 1.87. The number of aromatic amines is 1. The summed E-state index contributed by atoms with van der Waals surface area (Å²) in [5.74, 6) is 0.337. The SMILES string of the molecule is O=P([O-])([O-])OCOc1ccc[nH]1.[Na+].[Na+]. The van der Waals surface area contributed by atoms with E-state index in [1.807, 2.05) is 0 Å². The standard InChI is InChI=1S/C5H8NO5P.2Na/c7-12(8,9)11-4-10-5-2-1-3-6-5;;/h1-3,6H,4H2,(H2,7,8,9);;/q;2*+1/p-2. The molecule has 0 atom stereocenters. The number of H-pyrrole nitrogens is 1. The van der Waals surface area contributed by atoms with Crippen LogP contribution < -0.4 is 73.6 Å². The molecule has 6 nitrogen and oxygen atoms in total. The summed E-state index contributed by atoms with van der Waals surface area (Å²) in [5.41, 5.74) is 0. The van der Waals surface area contributed by atoms with Crippen LogP contribution in [-0.2, 0) is 9.09 Å². The van der Waals surface area contributed by atoms with E-state index in [9.17, 15) is 14.4 Å². The molecule has 0 bridgehead atoms. The predicted octanol–water partition coefficient (Wildman–Crippen LogP) is -6.80. The molecule has 14 heavy (non-hydrogen) atoms. The zero-order valence-electron chi connectivity index (χ0n) is 7.93. The first-order valence-corrected chi connectivity index (χ1v) is 4.47. The van der Waals surface area contributed by atoms with Gasteiger partial charge in [-0.05, 0) is 12.1 Å². The maximum atomic E-state index is 9.92. The van der Waals surface area contributed by atoms with Gasteiger partial charge in [0.2, 0.25) is 0 Å². The van der Waals surface area contributed by atoms with Crippen molar-refractivity contribution in [3.05, 3.63) is 18.3 Å². The largest absolute Gasteiger partial charge is 1.00 e. The van der Waals surface area contributed by atoms with Gasteiger partial charge in [-0.25, -0.2) is 0 Å². The molecule has 1 N–H and O–H groups in total. The minimum Gasteiger partial charge on any atom is -0.790 e. The molecule has 1 rings (SSSR count). The van der Waals surface area contributed by atoms with E-state index >= 15 is 0 Å². The Balaban J connectivity index is 0. The quantitative estimate of drug-likeness (QED) is 0.319. The molecule has 9 heteroatoms. The van der Waals surface area contributed by atoms with Gasteiger partial charge in [0.25, 0.3) is 0 Å². The maximum Gasteiger partial charge on any atom is 1.00 e. The zero-order chi connectivity index (χ0) is 9.03. The summed E-state index contributed by atoms with van der Waals surface area (Å²) in [6.45, 7) is -0.606. The van der Waals surface area contributed by atoms with Crippen molar-refractivity contribution < 1.29 is 82.7 Å². The first-order chi connectivity index (χ1) is 5.58. The van der Waals surface area contributed by atoms with Crippen molar-refractivity contribution in [2.75, 3.05) is 6.79 Å². The van der Waals surface area contributed by atoms with Crippen molar-refractivity contribution in [2.45, 2.75) is 0 Å². The molecular weight excluding hydrogens is 231 g/mol. The van der Waals surface area contributed by atoms with E-state index in [1.54, 1.807) is 18.3 Å². The molecule has 0 fully saturated rings. The Labute approximate surface area is 125 Å². The molecule has 0 radical (unpaired) electrons. The molecule has 0 aliphatic heterocycles. The monoisotopic (exact) mass is 237 g/mol. The summed E-state index contributed by atoms with van der Waals surface area (Å²) >= 11 is 0. The molecule has 0 saturated carbocycles. The fourth-order valence-electron chi connectivity index (χ4n) is 0.558. The van der Waals surface area contributed by atoms with Gasteiger partial charge in [0, 0.05) is 6.20 Å². The second kappa shape index (κ2) is 8.35. The Morgan fingerprint density at radius 1 is 1.43 bits per heavy atom. The summed E-state index contributed by atoms with van der Waals surface area (Å²) in [6, 6.07) is 3.22. The van der Waals surface area contributed by atoms with E-state index in [-0.39, 0.29) is 59.1 Å². The second-order valence-corrected chi connectivity index (χ2v) is 3.03. The molecule has 0 aliphatic rings. The van der Waals surface area contributed by atoms with Crippen molar-refractivity contribution in [2.24, 2.45) is 0 Å². The summed E-state index contributed by atoms with van der Waals surface area (Å²) in [4.78, 5) is 22.5. The Morgan fingerprint density at radius 2 is 2.07 bits per heavy atom. The normalized spacial score (nSPS) is 9.86. The Hall–Kier alpha value is 1.19. The van der Waals surface area contributed by atoms with Crippen LogP contribution in [-0.4, -0.2) is 11.8 Å². The number of phosphoric acid groups is 1. The van der Waals surface area contributed by atoms with Crippen LogP contribution in [0, 0.1) is 0 Å². The molecule has 0 saturated heterocycles. The summed E-state index contributed by atoms with van der Waals surface area (Å²) in [5, 5.41) is 0. The van der Waals surface area contributed by atoms with Gasteiger partial charge in [0.05, 0.1) is 7.82 Å². The van der Waals surface area contributed by atoms with Gasteiger partial charge in [0.1, 0.15) is 0 Å². The van der Waals surface area contributed by atoms with Crippen LogP contribution in [0.25, 0.3) is 0 Å². The van der Waals surface area contributed by atoms with Crippen LogP contribution in [0.4, 0.5) is 0 Å². The van der Waals surface area contributed by atoms with Crippen molar-refractivity contribution in [1.82, 2.24) is 4.98 Å². The molecule has 1 aromatic rings. The molecule has 1 aromatic heterocycles. The molecule has 1 heterocycles. The summed E-state index contributed by atoms with van der Waals surface area (Å²) < 4.78 is 18.4.